The van der Waals surface area contributed by atoms with Crippen LogP contribution in [0.4, 0.5) is 0 Å². The van der Waals surface area contributed by atoms with Crippen molar-refractivity contribution in [2.75, 3.05) is 0 Å². The number of aromatic nitrogens is 6. The van der Waals surface area contributed by atoms with E-state index in [2.05, 4.69) is 61.1 Å². The second-order valence-electron chi connectivity index (χ2n) is 6.96. The highest BCUT2D eigenvalue weighted by atomic mass is 79.9. The molecule has 142 valence electrons. The lowest BCUT2D eigenvalue weighted by Crippen LogP contribution is -2.02. The van der Waals surface area contributed by atoms with Gasteiger partial charge in [-0.15, -0.1) is 0 Å². The van der Waals surface area contributed by atoms with Crippen molar-refractivity contribution < 1.29 is 0 Å². The molecule has 4 aromatic rings. The maximum atomic E-state index is 4.79. The third-order valence-electron chi connectivity index (χ3n) is 4.88. The Hall–Kier alpha value is -1.54. The van der Waals surface area contributed by atoms with Crippen LogP contribution in [0, 0.1) is 0 Å². The molecule has 0 aliphatic carbocycles. The van der Waals surface area contributed by atoms with Crippen molar-refractivity contribution in [3.8, 4) is 0 Å². The van der Waals surface area contributed by atoms with E-state index in [1.54, 1.807) is 4.80 Å². The lowest BCUT2D eigenvalue weighted by Gasteiger charge is -2.02. The van der Waals surface area contributed by atoms with Gasteiger partial charge >= 0.3 is 0 Å². The van der Waals surface area contributed by atoms with Crippen molar-refractivity contribution in [2.24, 2.45) is 7.05 Å². The first kappa shape index (κ1) is 18.8. The van der Waals surface area contributed by atoms with E-state index >= 15 is 0 Å². The van der Waals surface area contributed by atoms with Crippen molar-refractivity contribution >= 4 is 64.7 Å². The largest absolute Gasteiger partial charge is 0.187 e. The molecule has 0 spiro atoms. The Morgan fingerprint density at radius 3 is 1.96 bits per heavy atom. The van der Waals surface area contributed by atoms with Crippen LogP contribution in [0.2, 0.25) is 0 Å². The summed E-state index contributed by atoms with van der Waals surface area (Å²) in [4.78, 5) is 3.44. The van der Waals surface area contributed by atoms with Crippen LogP contribution in [-0.2, 0) is 13.6 Å². The highest BCUT2D eigenvalue weighted by Gasteiger charge is 2.17. The van der Waals surface area contributed by atoms with Crippen LogP contribution >= 0.6 is 31.9 Å². The third-order valence-corrected chi connectivity index (χ3v) is 6.08. The van der Waals surface area contributed by atoms with Gasteiger partial charge in [0.15, 0.2) is 0 Å². The fourth-order valence-electron chi connectivity index (χ4n) is 3.51. The second kappa shape index (κ2) is 7.83. The molecule has 0 fully saturated rings. The van der Waals surface area contributed by atoms with E-state index in [0.29, 0.717) is 0 Å². The van der Waals surface area contributed by atoms with Crippen LogP contribution in [-0.4, -0.2) is 30.0 Å². The van der Waals surface area contributed by atoms with Gasteiger partial charge < -0.3 is 0 Å². The minimum atomic E-state index is 0.850. The Morgan fingerprint density at radius 2 is 1.26 bits per heavy atom. The summed E-state index contributed by atoms with van der Waals surface area (Å²) >= 11 is 7.30. The number of halogens is 2. The van der Waals surface area contributed by atoms with Crippen LogP contribution < -0.4 is 0 Å². The molecule has 2 aromatic heterocycles. The van der Waals surface area contributed by atoms with Crippen LogP contribution in [0.1, 0.15) is 45.4 Å². The van der Waals surface area contributed by atoms with Gasteiger partial charge in [-0.05, 0) is 50.4 Å². The molecule has 6 nitrogen and oxygen atoms in total. The number of unbranched alkanes of at least 4 members (excludes halogenated alkanes) is 5. The standard InChI is InChI=1S/C19H22Br2N6/c1-3-4-5-6-7-8-9-27-24-17-13-11-14(20)18-16(22-26(2)23-18)12(13)10-15(21)19(17)25-27/h10-11H,3-9H2,1-2H3. The van der Waals surface area contributed by atoms with Crippen molar-refractivity contribution in [1.29, 1.82) is 0 Å². The number of rotatable bonds is 7. The number of hydrogen-bond donors (Lipinski definition) is 0. The molecule has 27 heavy (non-hydrogen) atoms. The van der Waals surface area contributed by atoms with E-state index in [9.17, 15) is 0 Å². The van der Waals surface area contributed by atoms with E-state index in [4.69, 9.17) is 10.2 Å². The quantitative estimate of drug-likeness (QED) is 0.307. The Bertz CT molecular complexity index is 1110. The number of aryl methyl sites for hydroxylation is 2. The fraction of sp³-hybridized carbons (Fsp3) is 0.474. The molecule has 0 aliphatic rings. The van der Waals surface area contributed by atoms with Crippen molar-refractivity contribution in [3.05, 3.63) is 21.1 Å². The Balaban J connectivity index is 1.70. The van der Waals surface area contributed by atoms with E-state index in [1.807, 2.05) is 11.8 Å². The first-order valence-electron chi connectivity index (χ1n) is 9.45. The minimum absolute atomic E-state index is 0.850. The summed E-state index contributed by atoms with van der Waals surface area (Å²) in [6.07, 6.45) is 7.56. The summed E-state index contributed by atoms with van der Waals surface area (Å²) in [5, 5.41) is 20.6. The minimum Gasteiger partial charge on any atom is -0.187 e. The van der Waals surface area contributed by atoms with E-state index in [0.717, 1.165) is 54.8 Å². The van der Waals surface area contributed by atoms with Gasteiger partial charge in [0.2, 0.25) is 0 Å². The van der Waals surface area contributed by atoms with Gasteiger partial charge in [-0.25, -0.2) is 0 Å². The Labute approximate surface area is 174 Å². The van der Waals surface area contributed by atoms with Gasteiger partial charge in [-0.2, -0.15) is 30.0 Å². The molecular weight excluding hydrogens is 472 g/mol. The van der Waals surface area contributed by atoms with Gasteiger partial charge in [0.1, 0.15) is 22.1 Å². The molecular formula is C19H22Br2N6. The summed E-state index contributed by atoms with van der Waals surface area (Å²) in [5.74, 6) is 0. The van der Waals surface area contributed by atoms with Crippen molar-refractivity contribution in [1.82, 2.24) is 30.0 Å². The SMILES string of the molecule is CCCCCCCCn1nc2c(Br)cc3c(cc(Br)c4nn(C)nc43)c2n1. The monoisotopic (exact) mass is 492 g/mol. The molecule has 2 heterocycles. The summed E-state index contributed by atoms with van der Waals surface area (Å²) in [5.41, 5.74) is 3.52. The number of hydrogen-bond acceptors (Lipinski definition) is 4. The predicted molar refractivity (Wildman–Crippen MR) is 116 cm³/mol. The Kier molecular flexibility index (Phi) is 5.45. The smallest absolute Gasteiger partial charge is 0.128 e. The molecule has 0 radical (unpaired) electrons. The fourth-order valence-corrected chi connectivity index (χ4v) is 4.50. The normalized spacial score (nSPS) is 12.0. The first-order valence-corrected chi connectivity index (χ1v) is 11.0. The molecule has 0 aliphatic heterocycles. The molecule has 2 aromatic carbocycles. The zero-order valence-electron chi connectivity index (χ0n) is 15.5. The zero-order valence-corrected chi connectivity index (χ0v) is 18.7. The lowest BCUT2D eigenvalue weighted by molar-refractivity contribution is 0.488. The van der Waals surface area contributed by atoms with E-state index in [1.165, 1.54) is 32.1 Å². The van der Waals surface area contributed by atoms with Crippen LogP contribution in [0.25, 0.3) is 32.8 Å². The maximum Gasteiger partial charge on any atom is 0.128 e. The summed E-state index contributed by atoms with van der Waals surface area (Å²) < 4.78 is 1.86. The first-order chi connectivity index (χ1) is 13.1. The molecule has 0 N–H and O–H groups in total. The highest BCUT2D eigenvalue weighted by Crippen LogP contribution is 2.36. The van der Waals surface area contributed by atoms with Gasteiger partial charge in [0, 0.05) is 26.8 Å². The number of fused-ring (bicyclic) bond motifs is 5. The third kappa shape index (κ3) is 3.61. The second-order valence-corrected chi connectivity index (χ2v) is 8.67. The van der Waals surface area contributed by atoms with Crippen molar-refractivity contribution in [3.63, 3.8) is 0 Å². The lowest BCUT2D eigenvalue weighted by atomic mass is 10.1. The number of nitrogens with zero attached hydrogens (tertiary/aromatic N) is 6. The van der Waals surface area contributed by atoms with Gasteiger partial charge in [-0.3, -0.25) is 0 Å². The average Bonchev–Trinajstić information content (AvgIpc) is 3.24. The molecule has 0 saturated carbocycles. The Morgan fingerprint density at radius 1 is 0.741 bits per heavy atom. The van der Waals surface area contributed by atoms with Gasteiger partial charge in [-0.1, -0.05) is 39.0 Å². The van der Waals surface area contributed by atoms with Crippen molar-refractivity contribution in [2.45, 2.75) is 52.0 Å². The van der Waals surface area contributed by atoms with Crippen LogP contribution in [0.15, 0.2) is 21.1 Å². The van der Waals surface area contributed by atoms with Crippen LogP contribution in [0.3, 0.4) is 0 Å². The van der Waals surface area contributed by atoms with Gasteiger partial charge in [0.25, 0.3) is 0 Å². The van der Waals surface area contributed by atoms with Crippen LogP contribution in [0.5, 0.6) is 0 Å². The molecule has 0 bridgehead atoms. The average molecular weight is 494 g/mol. The topological polar surface area (TPSA) is 61.4 Å². The predicted octanol–water partition coefficient (Wildman–Crippen LogP) is 5.75. The summed E-state index contributed by atoms with van der Waals surface area (Å²) in [6.45, 7) is 3.10. The summed E-state index contributed by atoms with van der Waals surface area (Å²) in [6, 6.07) is 4.15. The van der Waals surface area contributed by atoms with E-state index in [-0.39, 0.29) is 0 Å². The maximum absolute atomic E-state index is 4.79. The molecule has 0 unspecified atom stereocenters. The summed E-state index contributed by atoms with van der Waals surface area (Å²) in [7, 11) is 1.84. The molecule has 4 rings (SSSR count). The molecule has 8 heteroatoms. The van der Waals surface area contributed by atoms with E-state index < -0.39 is 0 Å². The zero-order chi connectivity index (χ0) is 19.0. The van der Waals surface area contributed by atoms with Gasteiger partial charge in [0.05, 0.1) is 6.54 Å². The molecule has 0 atom stereocenters. The highest BCUT2D eigenvalue weighted by molar-refractivity contribution is 9.11. The molecule has 0 amide bonds. The molecule has 0 saturated heterocycles. The number of benzene rings is 2.